The molecule has 4 aromatic carbocycles. The Bertz CT molecular complexity index is 970. The SMILES string of the molecule is O=C(CCC[P+](c1ccccc1)(c1ccccc1)c1ccccc1)c1ccccc1.[Br-]. The quantitative estimate of drug-likeness (QED) is 0.275. The van der Waals surface area contributed by atoms with Gasteiger partial charge in [-0.25, -0.2) is 0 Å². The van der Waals surface area contributed by atoms with Crippen molar-refractivity contribution in [3.05, 3.63) is 127 Å². The normalized spacial score (nSPS) is 10.8. The predicted octanol–water partition coefficient (Wildman–Crippen LogP) is 2.65. The van der Waals surface area contributed by atoms with Gasteiger partial charge in [-0.15, -0.1) is 0 Å². The monoisotopic (exact) mass is 488 g/mol. The summed E-state index contributed by atoms with van der Waals surface area (Å²) < 4.78 is 0. The molecule has 0 aliphatic heterocycles. The minimum absolute atomic E-state index is 0. The summed E-state index contributed by atoms with van der Waals surface area (Å²) in [5.74, 6) is 0.225. The molecule has 0 N–H and O–H groups in total. The van der Waals surface area contributed by atoms with Crippen LogP contribution in [0.1, 0.15) is 23.2 Å². The number of ketones is 1. The highest BCUT2D eigenvalue weighted by molar-refractivity contribution is 7.95. The molecule has 156 valence electrons. The standard InChI is InChI=1S/C28H26OP.BrH/c29-28(24-14-5-1-6-15-24)22-13-23-30(25-16-7-2-8-17-25,26-18-9-3-10-19-26)27-20-11-4-12-21-27;/h1-12,14-21H,13,22-23H2;1H/q+1;/p-1. The molecule has 0 aromatic heterocycles. The van der Waals surface area contributed by atoms with Gasteiger partial charge < -0.3 is 17.0 Å². The molecule has 4 rings (SSSR count). The van der Waals surface area contributed by atoms with Crippen molar-refractivity contribution in [2.24, 2.45) is 0 Å². The minimum Gasteiger partial charge on any atom is -1.00 e. The van der Waals surface area contributed by atoms with Crippen LogP contribution in [0.5, 0.6) is 0 Å². The highest BCUT2D eigenvalue weighted by Gasteiger charge is 2.44. The summed E-state index contributed by atoms with van der Waals surface area (Å²) in [4.78, 5) is 12.8. The van der Waals surface area contributed by atoms with E-state index in [1.54, 1.807) is 0 Å². The highest BCUT2D eigenvalue weighted by Crippen LogP contribution is 2.55. The second-order valence-electron chi connectivity index (χ2n) is 7.43. The zero-order chi connectivity index (χ0) is 20.7. The van der Waals surface area contributed by atoms with Gasteiger partial charge in [-0.1, -0.05) is 84.9 Å². The van der Waals surface area contributed by atoms with Crippen molar-refractivity contribution in [1.29, 1.82) is 0 Å². The molecule has 0 saturated carbocycles. The van der Waals surface area contributed by atoms with Crippen molar-refractivity contribution in [2.75, 3.05) is 6.16 Å². The van der Waals surface area contributed by atoms with Gasteiger partial charge >= 0.3 is 0 Å². The third-order valence-electron chi connectivity index (χ3n) is 5.58. The number of hydrogen-bond acceptors (Lipinski definition) is 1. The molecule has 0 saturated heterocycles. The number of Topliss-reactive ketones (excluding diaryl/α,β-unsaturated/α-hetero) is 1. The van der Waals surface area contributed by atoms with E-state index in [1.165, 1.54) is 15.9 Å². The van der Waals surface area contributed by atoms with Crippen molar-refractivity contribution in [3.8, 4) is 0 Å². The zero-order valence-corrected chi connectivity index (χ0v) is 19.9. The summed E-state index contributed by atoms with van der Waals surface area (Å²) in [6, 6.07) is 42.2. The number of carbonyl (C=O) groups excluding carboxylic acids is 1. The van der Waals surface area contributed by atoms with Crippen LogP contribution in [0.25, 0.3) is 0 Å². The highest BCUT2D eigenvalue weighted by atomic mass is 79.9. The van der Waals surface area contributed by atoms with E-state index in [0.29, 0.717) is 6.42 Å². The average molecular weight is 489 g/mol. The van der Waals surface area contributed by atoms with E-state index in [-0.39, 0.29) is 22.8 Å². The van der Waals surface area contributed by atoms with E-state index in [1.807, 2.05) is 30.3 Å². The van der Waals surface area contributed by atoms with Gasteiger partial charge in [-0.2, -0.15) is 0 Å². The first-order valence-electron chi connectivity index (χ1n) is 10.4. The molecular weight excluding hydrogens is 463 g/mol. The first kappa shape index (κ1) is 23.1. The summed E-state index contributed by atoms with van der Waals surface area (Å²) in [7, 11) is -1.85. The Kier molecular flexibility index (Phi) is 8.35. The summed E-state index contributed by atoms with van der Waals surface area (Å²) in [5, 5.41) is 4.11. The van der Waals surface area contributed by atoms with Crippen LogP contribution in [0.3, 0.4) is 0 Å². The number of rotatable bonds is 8. The number of halogens is 1. The molecule has 0 radical (unpaired) electrons. The molecule has 0 aliphatic carbocycles. The van der Waals surface area contributed by atoms with E-state index in [0.717, 1.165) is 18.1 Å². The fourth-order valence-corrected chi connectivity index (χ4v) is 8.47. The molecule has 3 heteroatoms. The lowest BCUT2D eigenvalue weighted by atomic mass is 10.1. The van der Waals surface area contributed by atoms with Gasteiger partial charge in [0.2, 0.25) is 0 Å². The second-order valence-corrected chi connectivity index (χ2v) is 11.0. The molecular formula is C28H26BrOP. The lowest BCUT2D eigenvalue weighted by molar-refractivity contribution is -0.0000138. The van der Waals surface area contributed by atoms with E-state index >= 15 is 0 Å². The minimum atomic E-state index is -1.85. The molecule has 0 atom stereocenters. The van der Waals surface area contributed by atoms with Crippen molar-refractivity contribution in [3.63, 3.8) is 0 Å². The van der Waals surface area contributed by atoms with E-state index < -0.39 is 7.26 Å². The molecule has 0 spiro atoms. The fourth-order valence-electron chi connectivity index (χ4n) is 4.13. The largest absolute Gasteiger partial charge is 1.00 e. The summed E-state index contributed by atoms with van der Waals surface area (Å²) in [5.41, 5.74) is 0.806. The van der Waals surface area contributed by atoms with Gasteiger partial charge in [0, 0.05) is 12.0 Å². The third kappa shape index (κ3) is 5.21. The lowest BCUT2D eigenvalue weighted by Gasteiger charge is -2.27. The molecule has 0 heterocycles. The Morgan fingerprint density at radius 3 is 1.29 bits per heavy atom. The van der Waals surface area contributed by atoms with Crippen molar-refractivity contribution < 1.29 is 21.8 Å². The van der Waals surface area contributed by atoms with Crippen molar-refractivity contribution in [1.82, 2.24) is 0 Å². The van der Waals surface area contributed by atoms with Crippen LogP contribution < -0.4 is 32.9 Å². The van der Waals surface area contributed by atoms with Crippen LogP contribution in [0.4, 0.5) is 0 Å². The molecule has 0 amide bonds. The summed E-state index contributed by atoms with van der Waals surface area (Å²) >= 11 is 0. The summed E-state index contributed by atoms with van der Waals surface area (Å²) in [6.45, 7) is 0. The smallest absolute Gasteiger partial charge is 0.163 e. The molecule has 0 aliphatic rings. The predicted molar refractivity (Wildman–Crippen MR) is 130 cm³/mol. The Morgan fingerprint density at radius 1 is 0.548 bits per heavy atom. The van der Waals surface area contributed by atoms with Crippen LogP contribution in [0, 0.1) is 0 Å². The maximum atomic E-state index is 12.8. The topological polar surface area (TPSA) is 17.1 Å². The molecule has 0 fully saturated rings. The Hall–Kier alpha value is -2.54. The van der Waals surface area contributed by atoms with Crippen molar-refractivity contribution in [2.45, 2.75) is 12.8 Å². The van der Waals surface area contributed by atoms with Crippen LogP contribution in [-0.2, 0) is 0 Å². The number of hydrogen-bond donors (Lipinski definition) is 0. The Morgan fingerprint density at radius 2 is 0.903 bits per heavy atom. The van der Waals surface area contributed by atoms with E-state index in [2.05, 4.69) is 91.0 Å². The molecule has 0 bridgehead atoms. The van der Waals surface area contributed by atoms with Gasteiger partial charge in [0.15, 0.2) is 5.78 Å². The van der Waals surface area contributed by atoms with Crippen LogP contribution >= 0.6 is 7.26 Å². The van der Waals surface area contributed by atoms with E-state index in [4.69, 9.17) is 0 Å². The summed E-state index contributed by atoms with van der Waals surface area (Å²) in [6.07, 6.45) is 2.40. The fraction of sp³-hybridized carbons (Fsp3) is 0.107. The Labute approximate surface area is 196 Å². The van der Waals surface area contributed by atoms with Crippen LogP contribution in [-0.4, -0.2) is 11.9 Å². The van der Waals surface area contributed by atoms with Crippen LogP contribution in [0.15, 0.2) is 121 Å². The van der Waals surface area contributed by atoms with E-state index in [9.17, 15) is 4.79 Å². The van der Waals surface area contributed by atoms with Crippen molar-refractivity contribution >= 4 is 29.0 Å². The molecule has 31 heavy (non-hydrogen) atoms. The zero-order valence-electron chi connectivity index (χ0n) is 17.4. The van der Waals surface area contributed by atoms with Gasteiger partial charge in [0.1, 0.15) is 23.2 Å². The van der Waals surface area contributed by atoms with Gasteiger partial charge in [0.05, 0.1) is 6.16 Å². The maximum Gasteiger partial charge on any atom is 0.163 e. The van der Waals surface area contributed by atoms with Gasteiger partial charge in [-0.3, -0.25) is 4.79 Å². The molecule has 0 unspecified atom stereocenters. The molecule has 1 nitrogen and oxygen atoms in total. The lowest BCUT2D eigenvalue weighted by Crippen LogP contribution is -3.00. The first-order chi connectivity index (χ1) is 14.8. The Balaban J connectivity index is 0.00000272. The number of carbonyl (C=O) groups is 1. The maximum absolute atomic E-state index is 12.8. The van der Waals surface area contributed by atoms with Gasteiger partial charge in [-0.05, 0) is 42.8 Å². The third-order valence-corrected chi connectivity index (χ3v) is 10.1. The van der Waals surface area contributed by atoms with Crippen LogP contribution in [0.2, 0.25) is 0 Å². The average Bonchev–Trinajstić information content (AvgIpc) is 2.84. The second kappa shape index (κ2) is 11.2. The molecule has 4 aromatic rings. The van der Waals surface area contributed by atoms with Gasteiger partial charge in [0.25, 0.3) is 0 Å². The first-order valence-corrected chi connectivity index (χ1v) is 12.4. The number of benzene rings is 4.